The number of unbranched alkanes of at least 4 members (excludes halogenated alkanes) is 1. The van der Waals surface area contributed by atoms with Gasteiger partial charge in [0, 0.05) is 16.1 Å². The largest absolute Gasteiger partial charge is 0.330 e. The summed E-state index contributed by atoms with van der Waals surface area (Å²) in [6, 6.07) is 5.39. The molecule has 0 amide bonds. The highest BCUT2D eigenvalue weighted by Gasteiger charge is 2.09. The van der Waals surface area contributed by atoms with E-state index < -0.39 is 0 Å². The first-order valence-corrected chi connectivity index (χ1v) is 5.81. The van der Waals surface area contributed by atoms with Crippen molar-refractivity contribution in [3.8, 4) is 0 Å². The lowest BCUT2D eigenvalue weighted by molar-refractivity contribution is 0.591. The molecule has 1 rings (SSSR count). The van der Waals surface area contributed by atoms with Crippen LogP contribution in [0.1, 0.15) is 30.9 Å². The quantitative estimate of drug-likeness (QED) is 0.785. The van der Waals surface area contributed by atoms with E-state index in [1.807, 2.05) is 12.1 Å². The summed E-state index contributed by atoms with van der Waals surface area (Å²) in [6.07, 6.45) is 2.92. The Hall–Kier alpha value is -0.280. The summed E-state index contributed by atoms with van der Waals surface area (Å²) in [5, 5.41) is 1.28. The summed E-state index contributed by atoms with van der Waals surface area (Å²) < 4.78 is 0. The molecule has 2 nitrogen and oxygen atoms in total. The second-order valence-corrected chi connectivity index (χ2v) is 4.40. The standard InChI is InChI=1S/C11H16Cl2N2/c12-8-4-5-9(10(13)7-8)11(15)3-1-2-6-14/h4-5,7,11H,1-3,6,14-15H2/t11-/m0/s1. The highest BCUT2D eigenvalue weighted by Crippen LogP contribution is 2.27. The predicted molar refractivity (Wildman–Crippen MR) is 66.3 cm³/mol. The number of hydrogen-bond acceptors (Lipinski definition) is 2. The zero-order chi connectivity index (χ0) is 11.3. The van der Waals surface area contributed by atoms with Gasteiger partial charge in [-0.2, -0.15) is 0 Å². The van der Waals surface area contributed by atoms with Crippen LogP contribution in [0.25, 0.3) is 0 Å². The van der Waals surface area contributed by atoms with Crippen molar-refractivity contribution in [2.75, 3.05) is 6.54 Å². The second-order valence-electron chi connectivity index (χ2n) is 3.56. The monoisotopic (exact) mass is 246 g/mol. The van der Waals surface area contributed by atoms with E-state index >= 15 is 0 Å². The van der Waals surface area contributed by atoms with Gasteiger partial charge in [0.25, 0.3) is 0 Å². The van der Waals surface area contributed by atoms with Crippen LogP contribution in [0.5, 0.6) is 0 Å². The number of rotatable bonds is 5. The van der Waals surface area contributed by atoms with E-state index in [4.69, 9.17) is 34.7 Å². The van der Waals surface area contributed by atoms with Gasteiger partial charge >= 0.3 is 0 Å². The summed E-state index contributed by atoms with van der Waals surface area (Å²) in [5.74, 6) is 0. The average Bonchev–Trinajstić information content (AvgIpc) is 2.17. The molecule has 4 N–H and O–H groups in total. The van der Waals surface area contributed by atoms with E-state index in [0.717, 1.165) is 24.8 Å². The lowest BCUT2D eigenvalue weighted by Crippen LogP contribution is -2.11. The summed E-state index contributed by atoms with van der Waals surface area (Å²) in [4.78, 5) is 0. The third-order valence-corrected chi connectivity index (χ3v) is 2.89. The molecule has 1 atom stereocenters. The van der Waals surface area contributed by atoms with E-state index in [2.05, 4.69) is 0 Å². The van der Waals surface area contributed by atoms with E-state index in [1.165, 1.54) is 0 Å². The van der Waals surface area contributed by atoms with Gasteiger partial charge in [0.1, 0.15) is 0 Å². The predicted octanol–water partition coefficient (Wildman–Crippen LogP) is 3.12. The molecule has 0 spiro atoms. The molecule has 0 aromatic heterocycles. The summed E-state index contributed by atoms with van der Waals surface area (Å²) in [7, 11) is 0. The molecule has 0 saturated heterocycles. The van der Waals surface area contributed by atoms with E-state index in [-0.39, 0.29) is 6.04 Å². The normalized spacial score (nSPS) is 12.8. The Kier molecular flexibility index (Phi) is 5.40. The highest BCUT2D eigenvalue weighted by atomic mass is 35.5. The molecule has 0 aliphatic rings. The molecule has 0 radical (unpaired) electrons. The number of benzene rings is 1. The van der Waals surface area contributed by atoms with Gasteiger partial charge in [0.05, 0.1) is 0 Å². The van der Waals surface area contributed by atoms with Gasteiger partial charge in [0.15, 0.2) is 0 Å². The Labute approximate surface area is 101 Å². The maximum atomic E-state index is 6.05. The number of halogens is 2. The lowest BCUT2D eigenvalue weighted by atomic mass is 10.0. The summed E-state index contributed by atoms with van der Waals surface area (Å²) in [6.45, 7) is 0.709. The molecule has 0 aliphatic heterocycles. The lowest BCUT2D eigenvalue weighted by Gasteiger charge is -2.13. The van der Waals surface area contributed by atoms with Gasteiger partial charge < -0.3 is 11.5 Å². The first kappa shape index (κ1) is 12.8. The molecule has 0 saturated carbocycles. The van der Waals surface area contributed by atoms with Crippen LogP contribution >= 0.6 is 23.2 Å². The zero-order valence-corrected chi connectivity index (χ0v) is 10.1. The first-order chi connectivity index (χ1) is 7.15. The number of nitrogens with two attached hydrogens (primary N) is 2. The van der Waals surface area contributed by atoms with Crippen LogP contribution in [-0.2, 0) is 0 Å². The molecule has 4 heteroatoms. The zero-order valence-electron chi connectivity index (χ0n) is 8.55. The molecular formula is C11H16Cl2N2. The average molecular weight is 247 g/mol. The Morgan fingerprint density at radius 1 is 1.20 bits per heavy atom. The molecule has 84 valence electrons. The maximum Gasteiger partial charge on any atom is 0.0468 e. The van der Waals surface area contributed by atoms with Crippen molar-refractivity contribution in [3.05, 3.63) is 33.8 Å². The third kappa shape index (κ3) is 3.99. The summed E-state index contributed by atoms with van der Waals surface area (Å²) >= 11 is 11.9. The molecule has 0 unspecified atom stereocenters. The molecule has 1 aromatic carbocycles. The van der Waals surface area contributed by atoms with Crippen molar-refractivity contribution >= 4 is 23.2 Å². The van der Waals surface area contributed by atoms with Gasteiger partial charge in [-0.25, -0.2) is 0 Å². The van der Waals surface area contributed by atoms with Crippen LogP contribution in [0.4, 0.5) is 0 Å². The maximum absolute atomic E-state index is 6.05. The van der Waals surface area contributed by atoms with E-state index in [1.54, 1.807) is 6.07 Å². The van der Waals surface area contributed by atoms with Gasteiger partial charge in [-0.05, 0) is 37.1 Å². The molecule has 0 aliphatic carbocycles. The van der Waals surface area contributed by atoms with Crippen molar-refractivity contribution < 1.29 is 0 Å². The Balaban J connectivity index is 2.61. The minimum Gasteiger partial charge on any atom is -0.330 e. The minimum absolute atomic E-state index is 0.0266. The molecule has 0 heterocycles. The molecule has 0 bridgehead atoms. The number of hydrogen-bond donors (Lipinski definition) is 2. The third-order valence-electron chi connectivity index (χ3n) is 2.33. The van der Waals surface area contributed by atoms with Crippen molar-refractivity contribution in [3.63, 3.8) is 0 Å². The van der Waals surface area contributed by atoms with Crippen molar-refractivity contribution in [1.29, 1.82) is 0 Å². The van der Waals surface area contributed by atoms with Gasteiger partial charge in [-0.15, -0.1) is 0 Å². The van der Waals surface area contributed by atoms with Gasteiger partial charge in [-0.3, -0.25) is 0 Å². The second kappa shape index (κ2) is 6.33. The topological polar surface area (TPSA) is 52.0 Å². The van der Waals surface area contributed by atoms with E-state index in [0.29, 0.717) is 16.6 Å². The van der Waals surface area contributed by atoms with Crippen molar-refractivity contribution in [2.45, 2.75) is 25.3 Å². The minimum atomic E-state index is -0.0266. The fourth-order valence-electron chi connectivity index (χ4n) is 1.47. The Morgan fingerprint density at radius 2 is 1.93 bits per heavy atom. The highest BCUT2D eigenvalue weighted by molar-refractivity contribution is 6.35. The van der Waals surface area contributed by atoms with Gasteiger partial charge in [-0.1, -0.05) is 35.7 Å². The smallest absolute Gasteiger partial charge is 0.0468 e. The summed E-state index contributed by atoms with van der Waals surface area (Å²) in [5.41, 5.74) is 12.4. The fraction of sp³-hybridized carbons (Fsp3) is 0.455. The van der Waals surface area contributed by atoms with Gasteiger partial charge in [0.2, 0.25) is 0 Å². The SMILES string of the molecule is NCCCC[C@H](N)c1ccc(Cl)cc1Cl. The van der Waals surface area contributed by atoms with Crippen LogP contribution < -0.4 is 11.5 Å². The van der Waals surface area contributed by atoms with Crippen LogP contribution in [-0.4, -0.2) is 6.54 Å². The van der Waals surface area contributed by atoms with Crippen LogP contribution in [0, 0.1) is 0 Å². The Morgan fingerprint density at radius 3 is 2.53 bits per heavy atom. The van der Waals surface area contributed by atoms with E-state index in [9.17, 15) is 0 Å². The van der Waals surface area contributed by atoms with Crippen molar-refractivity contribution in [2.24, 2.45) is 11.5 Å². The Bertz CT molecular complexity index is 315. The first-order valence-electron chi connectivity index (χ1n) is 5.05. The molecule has 1 aromatic rings. The fourth-order valence-corrected chi connectivity index (χ4v) is 2.01. The molecular weight excluding hydrogens is 231 g/mol. The molecule has 15 heavy (non-hydrogen) atoms. The van der Waals surface area contributed by atoms with Crippen LogP contribution in [0.15, 0.2) is 18.2 Å². The van der Waals surface area contributed by atoms with Crippen molar-refractivity contribution in [1.82, 2.24) is 0 Å². The molecule has 0 fully saturated rings. The van der Waals surface area contributed by atoms with Crippen LogP contribution in [0.2, 0.25) is 10.0 Å². The van der Waals surface area contributed by atoms with Crippen LogP contribution in [0.3, 0.4) is 0 Å².